The molecule has 0 bridgehead atoms. The van der Waals surface area contributed by atoms with Crippen molar-refractivity contribution in [2.45, 2.75) is 51.2 Å². The number of hydrogen-bond donors (Lipinski definition) is 1. The van der Waals surface area contributed by atoms with Crippen molar-refractivity contribution >= 4 is 5.91 Å². The number of carbonyl (C=O) groups is 1. The average molecular weight is 342 g/mol. The standard InChI is InChI=1S/C20H26N2O3/c1-2-25-18-13-17(23)20(18)9-11-22(12-10-20)19(24)8-7-15-3-5-16(14-21)6-4-15/h3-6,17-18,23H,2,7-13H2,1H3. The third-order valence-corrected chi connectivity index (χ3v) is 5.87. The SMILES string of the molecule is CCOC1CC(O)C12CCN(C(=O)CCc1ccc(C#N)cc1)CC2. The van der Waals surface area contributed by atoms with Gasteiger partial charge in [-0.05, 0) is 43.9 Å². The van der Waals surface area contributed by atoms with Gasteiger partial charge in [-0.1, -0.05) is 12.1 Å². The van der Waals surface area contributed by atoms with Gasteiger partial charge in [-0.3, -0.25) is 4.79 Å². The van der Waals surface area contributed by atoms with Crippen molar-refractivity contribution in [2.75, 3.05) is 19.7 Å². The number of carbonyl (C=O) groups excluding carboxylic acids is 1. The normalized spacial score (nSPS) is 24.6. The Morgan fingerprint density at radius 3 is 2.60 bits per heavy atom. The van der Waals surface area contributed by atoms with Crippen molar-refractivity contribution in [1.29, 1.82) is 5.26 Å². The van der Waals surface area contributed by atoms with E-state index in [0.29, 0.717) is 38.1 Å². The molecule has 1 aromatic carbocycles. The quantitative estimate of drug-likeness (QED) is 0.891. The number of likely N-dealkylation sites (tertiary alicyclic amines) is 1. The summed E-state index contributed by atoms with van der Waals surface area (Å²) in [6, 6.07) is 9.50. The van der Waals surface area contributed by atoms with E-state index in [1.165, 1.54) is 0 Å². The number of aliphatic hydroxyl groups excluding tert-OH is 1. The van der Waals surface area contributed by atoms with Gasteiger partial charge in [0, 0.05) is 38.0 Å². The van der Waals surface area contributed by atoms with E-state index in [4.69, 9.17) is 10.00 Å². The second kappa shape index (κ2) is 7.55. The molecular formula is C20H26N2O3. The fourth-order valence-electron chi connectivity index (χ4n) is 4.14. The molecule has 1 amide bonds. The van der Waals surface area contributed by atoms with E-state index in [-0.39, 0.29) is 23.5 Å². The van der Waals surface area contributed by atoms with E-state index in [9.17, 15) is 9.90 Å². The zero-order valence-corrected chi connectivity index (χ0v) is 14.8. The molecule has 2 fully saturated rings. The molecule has 1 spiro atoms. The summed E-state index contributed by atoms with van der Waals surface area (Å²) in [5.74, 6) is 0.168. The fourth-order valence-corrected chi connectivity index (χ4v) is 4.14. The van der Waals surface area contributed by atoms with Crippen molar-refractivity contribution < 1.29 is 14.6 Å². The zero-order chi connectivity index (χ0) is 17.9. The van der Waals surface area contributed by atoms with Gasteiger partial charge in [-0.25, -0.2) is 0 Å². The van der Waals surface area contributed by atoms with Crippen LogP contribution in [0.3, 0.4) is 0 Å². The second-order valence-electron chi connectivity index (χ2n) is 7.12. The molecule has 2 unspecified atom stereocenters. The largest absolute Gasteiger partial charge is 0.392 e. The van der Waals surface area contributed by atoms with Gasteiger partial charge in [0.1, 0.15) is 0 Å². The van der Waals surface area contributed by atoms with Crippen LogP contribution in [0.5, 0.6) is 0 Å². The first-order valence-corrected chi connectivity index (χ1v) is 9.15. The maximum atomic E-state index is 12.5. The molecule has 2 aliphatic rings. The highest BCUT2D eigenvalue weighted by molar-refractivity contribution is 5.76. The number of hydrogen-bond acceptors (Lipinski definition) is 4. The van der Waals surface area contributed by atoms with E-state index in [1.807, 2.05) is 24.0 Å². The summed E-state index contributed by atoms with van der Waals surface area (Å²) in [5, 5.41) is 19.1. The van der Waals surface area contributed by atoms with E-state index in [1.54, 1.807) is 12.1 Å². The molecular weight excluding hydrogens is 316 g/mol. The maximum absolute atomic E-state index is 12.5. The molecule has 5 heteroatoms. The molecule has 1 aliphatic carbocycles. The van der Waals surface area contributed by atoms with Gasteiger partial charge in [0.05, 0.1) is 23.8 Å². The number of ether oxygens (including phenoxy) is 1. The van der Waals surface area contributed by atoms with Crippen LogP contribution in [0.25, 0.3) is 0 Å². The molecule has 1 aromatic rings. The molecule has 5 nitrogen and oxygen atoms in total. The third kappa shape index (κ3) is 3.56. The number of nitrogens with zero attached hydrogens (tertiary/aromatic N) is 2. The van der Waals surface area contributed by atoms with Crippen LogP contribution in [0.4, 0.5) is 0 Å². The van der Waals surface area contributed by atoms with Gasteiger partial charge >= 0.3 is 0 Å². The molecule has 25 heavy (non-hydrogen) atoms. The second-order valence-corrected chi connectivity index (χ2v) is 7.12. The van der Waals surface area contributed by atoms with Gasteiger partial charge in [-0.15, -0.1) is 0 Å². The highest BCUT2D eigenvalue weighted by Gasteiger charge is 2.56. The zero-order valence-electron chi connectivity index (χ0n) is 14.8. The molecule has 0 radical (unpaired) electrons. The first-order valence-electron chi connectivity index (χ1n) is 9.15. The molecule has 1 N–H and O–H groups in total. The lowest BCUT2D eigenvalue weighted by Crippen LogP contribution is -2.62. The Hall–Kier alpha value is -1.90. The first kappa shape index (κ1) is 17.9. The highest BCUT2D eigenvalue weighted by Crippen LogP contribution is 2.50. The maximum Gasteiger partial charge on any atom is 0.222 e. The molecule has 1 aliphatic heterocycles. The van der Waals surface area contributed by atoms with E-state index < -0.39 is 0 Å². The summed E-state index contributed by atoms with van der Waals surface area (Å²) in [4.78, 5) is 14.4. The summed E-state index contributed by atoms with van der Waals surface area (Å²) >= 11 is 0. The summed E-state index contributed by atoms with van der Waals surface area (Å²) in [6.07, 6.45) is 3.39. The van der Waals surface area contributed by atoms with Crippen LogP contribution in [-0.2, 0) is 16.0 Å². The Morgan fingerprint density at radius 1 is 1.36 bits per heavy atom. The van der Waals surface area contributed by atoms with Crippen LogP contribution in [0.1, 0.15) is 43.7 Å². The van der Waals surface area contributed by atoms with Gasteiger partial charge in [-0.2, -0.15) is 5.26 Å². The number of aliphatic hydroxyl groups is 1. The molecule has 134 valence electrons. The minimum absolute atomic E-state index is 0.139. The van der Waals surface area contributed by atoms with Crippen molar-refractivity contribution in [3.05, 3.63) is 35.4 Å². The smallest absolute Gasteiger partial charge is 0.222 e. The van der Waals surface area contributed by atoms with Gasteiger partial charge < -0.3 is 14.7 Å². The van der Waals surface area contributed by atoms with Crippen LogP contribution >= 0.6 is 0 Å². The van der Waals surface area contributed by atoms with Crippen LogP contribution in [0.2, 0.25) is 0 Å². The number of aryl methyl sites for hydroxylation is 1. The number of nitriles is 1. The van der Waals surface area contributed by atoms with Gasteiger partial charge in [0.15, 0.2) is 0 Å². The summed E-state index contributed by atoms with van der Waals surface area (Å²) in [5.41, 5.74) is 1.57. The average Bonchev–Trinajstić information content (AvgIpc) is 2.66. The van der Waals surface area contributed by atoms with E-state index in [2.05, 4.69) is 6.07 Å². The molecule has 1 saturated carbocycles. The van der Waals surface area contributed by atoms with Crippen molar-refractivity contribution in [1.82, 2.24) is 4.90 Å². The van der Waals surface area contributed by atoms with E-state index in [0.717, 1.165) is 24.8 Å². The Morgan fingerprint density at radius 2 is 2.04 bits per heavy atom. The topological polar surface area (TPSA) is 73.6 Å². The highest BCUT2D eigenvalue weighted by atomic mass is 16.5. The molecule has 2 atom stereocenters. The predicted octanol–water partition coefficient (Wildman–Crippen LogP) is 2.27. The number of amides is 1. The Labute approximate surface area is 149 Å². The van der Waals surface area contributed by atoms with Gasteiger partial charge in [0.25, 0.3) is 0 Å². The van der Waals surface area contributed by atoms with Crippen molar-refractivity contribution in [3.63, 3.8) is 0 Å². The lowest BCUT2D eigenvalue weighted by atomic mass is 9.58. The van der Waals surface area contributed by atoms with Crippen LogP contribution in [0.15, 0.2) is 24.3 Å². The predicted molar refractivity (Wildman–Crippen MR) is 93.8 cm³/mol. The molecule has 1 saturated heterocycles. The van der Waals surface area contributed by atoms with E-state index >= 15 is 0 Å². The minimum atomic E-state index is -0.292. The fraction of sp³-hybridized carbons (Fsp3) is 0.600. The summed E-state index contributed by atoms with van der Waals surface area (Å²) in [7, 11) is 0. The van der Waals surface area contributed by atoms with Crippen LogP contribution in [0, 0.1) is 16.7 Å². The molecule has 0 aromatic heterocycles. The Balaban J connectivity index is 1.49. The van der Waals surface area contributed by atoms with Crippen molar-refractivity contribution in [3.8, 4) is 6.07 Å². The third-order valence-electron chi connectivity index (χ3n) is 5.87. The molecule has 1 heterocycles. The summed E-state index contributed by atoms with van der Waals surface area (Å²) < 4.78 is 5.78. The molecule has 3 rings (SSSR count). The Kier molecular flexibility index (Phi) is 5.41. The monoisotopic (exact) mass is 342 g/mol. The number of piperidine rings is 1. The van der Waals surface area contributed by atoms with Crippen molar-refractivity contribution in [2.24, 2.45) is 5.41 Å². The number of rotatable bonds is 5. The van der Waals surface area contributed by atoms with Crippen LogP contribution in [-0.4, -0.2) is 47.8 Å². The lowest BCUT2D eigenvalue weighted by molar-refractivity contribution is -0.210. The summed E-state index contributed by atoms with van der Waals surface area (Å²) in [6.45, 7) is 4.06. The first-order chi connectivity index (χ1) is 12.1. The van der Waals surface area contributed by atoms with Gasteiger partial charge in [0.2, 0.25) is 5.91 Å². The Bertz CT molecular complexity index is 640. The minimum Gasteiger partial charge on any atom is -0.392 e. The lowest BCUT2D eigenvalue weighted by Gasteiger charge is -2.56. The van der Waals surface area contributed by atoms with Crippen LogP contribution < -0.4 is 0 Å². The number of benzene rings is 1.